The number of alkyl carbamates (subject to hydrolysis) is 1. The average Bonchev–Trinajstić information content (AvgIpc) is 2.37. The number of hydrogen-bond donors (Lipinski definition) is 2. The van der Waals surface area contributed by atoms with Gasteiger partial charge in [0.2, 0.25) is 0 Å². The largest absolute Gasteiger partial charge is 0.444 e. The first kappa shape index (κ1) is 15.8. The molecular formula is C16H23NO4. The van der Waals surface area contributed by atoms with Crippen molar-refractivity contribution in [2.45, 2.75) is 51.0 Å². The minimum atomic E-state index is -0.808. The van der Waals surface area contributed by atoms with Gasteiger partial charge in [0.25, 0.3) is 0 Å². The zero-order valence-corrected chi connectivity index (χ0v) is 12.9. The Kier molecular flexibility index (Phi) is 4.54. The Morgan fingerprint density at radius 1 is 1.33 bits per heavy atom. The Balaban J connectivity index is 2.14. The first-order valence-electron chi connectivity index (χ1n) is 7.10. The molecule has 2 N–H and O–H groups in total. The summed E-state index contributed by atoms with van der Waals surface area (Å²) in [6.07, 6.45) is -1.23. The number of methoxy groups -OCH3 is 1. The molecule has 0 aromatic heterocycles. The summed E-state index contributed by atoms with van der Waals surface area (Å²) in [5, 5.41) is 13.2. The van der Waals surface area contributed by atoms with Gasteiger partial charge in [0.1, 0.15) is 17.8 Å². The van der Waals surface area contributed by atoms with Crippen LogP contribution in [0.1, 0.15) is 38.0 Å². The summed E-state index contributed by atoms with van der Waals surface area (Å²) >= 11 is 0. The van der Waals surface area contributed by atoms with Crippen LogP contribution in [0.25, 0.3) is 0 Å². The van der Waals surface area contributed by atoms with Crippen molar-refractivity contribution in [3.63, 3.8) is 0 Å². The van der Waals surface area contributed by atoms with E-state index in [9.17, 15) is 9.90 Å². The fraction of sp³-hybridized carbons (Fsp3) is 0.562. The quantitative estimate of drug-likeness (QED) is 0.877. The van der Waals surface area contributed by atoms with E-state index in [1.54, 1.807) is 27.9 Å². The molecule has 21 heavy (non-hydrogen) atoms. The van der Waals surface area contributed by atoms with Crippen LogP contribution in [0.4, 0.5) is 4.79 Å². The molecule has 5 nitrogen and oxygen atoms in total. The third-order valence-electron chi connectivity index (χ3n) is 3.48. The predicted octanol–water partition coefficient (Wildman–Crippen LogP) is 2.18. The number of nitrogens with one attached hydrogen (secondary N) is 1. The lowest BCUT2D eigenvalue weighted by atomic mass is 9.84. The van der Waals surface area contributed by atoms with Crippen molar-refractivity contribution in [2.75, 3.05) is 7.11 Å². The number of carbonyl (C=O) groups excluding carboxylic acids is 1. The van der Waals surface area contributed by atoms with Gasteiger partial charge in [0.05, 0.1) is 6.04 Å². The number of aliphatic hydroxyl groups excluding tert-OH is 1. The molecule has 3 atom stereocenters. The van der Waals surface area contributed by atoms with E-state index >= 15 is 0 Å². The highest BCUT2D eigenvalue weighted by atomic mass is 16.6. The molecule has 0 bridgehead atoms. The van der Waals surface area contributed by atoms with Crippen LogP contribution in [-0.2, 0) is 15.9 Å². The van der Waals surface area contributed by atoms with Crippen LogP contribution in [0, 0.1) is 0 Å². The van der Waals surface area contributed by atoms with Crippen LogP contribution >= 0.6 is 0 Å². The van der Waals surface area contributed by atoms with Crippen LogP contribution in [0.5, 0.6) is 0 Å². The van der Waals surface area contributed by atoms with Gasteiger partial charge in [-0.3, -0.25) is 0 Å². The summed E-state index contributed by atoms with van der Waals surface area (Å²) in [5.41, 5.74) is 1.47. The van der Waals surface area contributed by atoms with Gasteiger partial charge in [-0.1, -0.05) is 24.3 Å². The second-order valence-corrected chi connectivity index (χ2v) is 6.30. The van der Waals surface area contributed by atoms with Crippen molar-refractivity contribution in [1.29, 1.82) is 0 Å². The van der Waals surface area contributed by atoms with Crippen molar-refractivity contribution in [3.8, 4) is 0 Å². The first-order valence-corrected chi connectivity index (χ1v) is 7.10. The summed E-state index contributed by atoms with van der Waals surface area (Å²) in [6, 6.07) is 7.35. The number of rotatable bonds is 2. The molecule has 0 heterocycles. The lowest BCUT2D eigenvalue weighted by Crippen LogP contribution is -2.51. The van der Waals surface area contributed by atoms with E-state index in [1.807, 2.05) is 24.3 Å². The van der Waals surface area contributed by atoms with E-state index < -0.39 is 29.9 Å². The Labute approximate surface area is 125 Å². The zero-order chi connectivity index (χ0) is 15.6. The molecule has 5 heteroatoms. The highest BCUT2D eigenvalue weighted by Crippen LogP contribution is 2.32. The summed E-state index contributed by atoms with van der Waals surface area (Å²) in [4.78, 5) is 11.9. The molecular weight excluding hydrogens is 270 g/mol. The molecule has 2 rings (SSSR count). The van der Waals surface area contributed by atoms with E-state index in [2.05, 4.69) is 5.32 Å². The maximum atomic E-state index is 11.9. The normalized spacial score (nSPS) is 25.1. The van der Waals surface area contributed by atoms with Gasteiger partial charge in [-0.15, -0.1) is 0 Å². The Hall–Kier alpha value is -1.59. The van der Waals surface area contributed by atoms with E-state index in [1.165, 1.54) is 0 Å². The number of benzene rings is 1. The molecule has 1 amide bonds. The Morgan fingerprint density at radius 2 is 2.00 bits per heavy atom. The fourth-order valence-corrected chi connectivity index (χ4v) is 2.61. The minimum absolute atomic E-state index is 0.431. The highest BCUT2D eigenvalue weighted by molar-refractivity contribution is 5.68. The van der Waals surface area contributed by atoms with Gasteiger partial charge < -0.3 is 19.9 Å². The monoisotopic (exact) mass is 293 g/mol. The second kappa shape index (κ2) is 6.03. The molecule has 1 aliphatic carbocycles. The summed E-state index contributed by atoms with van der Waals surface area (Å²) in [5.74, 6) is 0. The van der Waals surface area contributed by atoms with Gasteiger partial charge in [-0.05, 0) is 38.3 Å². The fourth-order valence-electron chi connectivity index (χ4n) is 2.61. The van der Waals surface area contributed by atoms with E-state index in [0.29, 0.717) is 6.42 Å². The van der Waals surface area contributed by atoms with E-state index in [4.69, 9.17) is 9.47 Å². The third-order valence-corrected chi connectivity index (χ3v) is 3.48. The number of hydrogen-bond acceptors (Lipinski definition) is 4. The second-order valence-electron chi connectivity index (χ2n) is 6.30. The molecule has 0 unspecified atom stereocenters. The van der Waals surface area contributed by atoms with Crippen molar-refractivity contribution in [1.82, 2.24) is 5.32 Å². The van der Waals surface area contributed by atoms with Crippen LogP contribution in [0.3, 0.4) is 0 Å². The molecule has 116 valence electrons. The Bertz CT molecular complexity index is 509. The first-order chi connectivity index (χ1) is 9.81. The topological polar surface area (TPSA) is 67.8 Å². The molecule has 1 aromatic carbocycles. The van der Waals surface area contributed by atoms with E-state index in [0.717, 1.165) is 11.1 Å². The summed E-state index contributed by atoms with van der Waals surface area (Å²) in [7, 11) is 1.56. The number of ether oxygens (including phenoxy) is 2. The summed E-state index contributed by atoms with van der Waals surface area (Å²) < 4.78 is 10.6. The van der Waals surface area contributed by atoms with Crippen LogP contribution in [-0.4, -0.2) is 36.1 Å². The highest BCUT2D eigenvalue weighted by Gasteiger charge is 2.37. The summed E-state index contributed by atoms with van der Waals surface area (Å²) in [6.45, 7) is 5.41. The SMILES string of the molecule is CO[C@@H]1c2ccccc2C[C@@H](NC(=O)OC(C)(C)C)[C@H]1O. The number of carbonyl (C=O) groups is 1. The molecule has 0 aliphatic heterocycles. The van der Waals surface area contributed by atoms with Gasteiger partial charge in [-0.2, -0.15) is 0 Å². The molecule has 1 aliphatic rings. The zero-order valence-electron chi connectivity index (χ0n) is 12.9. The molecule has 1 aromatic rings. The van der Waals surface area contributed by atoms with Crippen molar-refractivity contribution in [2.24, 2.45) is 0 Å². The Morgan fingerprint density at radius 3 is 2.62 bits per heavy atom. The van der Waals surface area contributed by atoms with Crippen molar-refractivity contribution < 1.29 is 19.4 Å². The minimum Gasteiger partial charge on any atom is -0.444 e. The van der Waals surface area contributed by atoms with Gasteiger partial charge in [0, 0.05) is 7.11 Å². The lowest BCUT2D eigenvalue weighted by Gasteiger charge is -2.36. The third kappa shape index (κ3) is 3.74. The van der Waals surface area contributed by atoms with Crippen LogP contribution < -0.4 is 5.32 Å². The molecule has 0 radical (unpaired) electrons. The van der Waals surface area contributed by atoms with Gasteiger partial charge >= 0.3 is 6.09 Å². The van der Waals surface area contributed by atoms with Gasteiger partial charge in [0.15, 0.2) is 0 Å². The smallest absolute Gasteiger partial charge is 0.407 e. The number of amides is 1. The van der Waals surface area contributed by atoms with Crippen molar-refractivity contribution >= 4 is 6.09 Å². The van der Waals surface area contributed by atoms with Gasteiger partial charge in [-0.25, -0.2) is 4.79 Å². The van der Waals surface area contributed by atoms with E-state index in [-0.39, 0.29) is 0 Å². The van der Waals surface area contributed by atoms with Crippen LogP contribution in [0.2, 0.25) is 0 Å². The van der Waals surface area contributed by atoms with Crippen molar-refractivity contribution in [3.05, 3.63) is 35.4 Å². The lowest BCUT2D eigenvalue weighted by molar-refractivity contribution is -0.0411. The maximum Gasteiger partial charge on any atom is 0.407 e. The van der Waals surface area contributed by atoms with Crippen LogP contribution in [0.15, 0.2) is 24.3 Å². The molecule has 0 spiro atoms. The number of aliphatic hydroxyl groups is 1. The molecule has 0 fully saturated rings. The predicted molar refractivity (Wildman–Crippen MR) is 79.1 cm³/mol. The molecule has 0 saturated carbocycles. The number of fused-ring (bicyclic) bond motifs is 1. The average molecular weight is 293 g/mol. The maximum absolute atomic E-state index is 11.9. The molecule has 0 saturated heterocycles. The standard InChI is InChI=1S/C16H23NO4/c1-16(2,3)21-15(19)17-12-9-10-7-5-6-8-11(10)14(20-4)13(12)18/h5-8,12-14,18H,9H2,1-4H3,(H,17,19)/t12-,13-,14-/m1/s1.